The summed E-state index contributed by atoms with van der Waals surface area (Å²) in [6.45, 7) is 6.27. The Bertz CT molecular complexity index is 536. The molecule has 0 aliphatic heterocycles. The standard InChI is InChI=1S/C12H16N4O2/c1-4-17-12(2,3)11-15-10(18-16-11)8-6-5-7-9(13)14-8/h5-7H,4H2,1-3H3,(H2,13,14). The quantitative estimate of drug-likeness (QED) is 0.890. The Morgan fingerprint density at radius 2 is 2.11 bits per heavy atom. The largest absolute Gasteiger partial charge is 0.384 e. The average molecular weight is 248 g/mol. The molecule has 6 nitrogen and oxygen atoms in total. The Hall–Kier alpha value is -1.95. The smallest absolute Gasteiger partial charge is 0.276 e. The van der Waals surface area contributed by atoms with Crippen LogP contribution in [0.5, 0.6) is 0 Å². The minimum atomic E-state index is -0.586. The van der Waals surface area contributed by atoms with E-state index in [4.69, 9.17) is 15.0 Å². The minimum absolute atomic E-state index is 0.338. The van der Waals surface area contributed by atoms with Crippen LogP contribution in [0.3, 0.4) is 0 Å². The second-order valence-corrected chi connectivity index (χ2v) is 4.31. The summed E-state index contributed by atoms with van der Waals surface area (Å²) < 4.78 is 10.7. The van der Waals surface area contributed by atoms with E-state index in [2.05, 4.69) is 15.1 Å². The Labute approximate surface area is 105 Å². The van der Waals surface area contributed by atoms with Crippen LogP contribution >= 0.6 is 0 Å². The van der Waals surface area contributed by atoms with Gasteiger partial charge in [0.05, 0.1) is 0 Å². The van der Waals surface area contributed by atoms with E-state index in [1.165, 1.54) is 0 Å². The van der Waals surface area contributed by atoms with Gasteiger partial charge in [0, 0.05) is 6.61 Å². The van der Waals surface area contributed by atoms with Gasteiger partial charge in [-0.25, -0.2) is 4.98 Å². The van der Waals surface area contributed by atoms with Crippen molar-refractivity contribution in [3.8, 4) is 11.6 Å². The van der Waals surface area contributed by atoms with E-state index >= 15 is 0 Å². The van der Waals surface area contributed by atoms with Gasteiger partial charge in [-0.2, -0.15) is 4.98 Å². The average Bonchev–Trinajstić information content (AvgIpc) is 2.78. The third-order valence-electron chi connectivity index (χ3n) is 2.46. The highest BCUT2D eigenvalue weighted by atomic mass is 16.5. The van der Waals surface area contributed by atoms with Gasteiger partial charge in [-0.05, 0) is 32.9 Å². The summed E-state index contributed by atoms with van der Waals surface area (Å²) in [5, 5.41) is 3.92. The third kappa shape index (κ3) is 2.48. The fraction of sp³-hybridized carbons (Fsp3) is 0.417. The lowest BCUT2D eigenvalue weighted by molar-refractivity contribution is -0.0221. The van der Waals surface area contributed by atoms with Crippen molar-refractivity contribution < 1.29 is 9.26 Å². The van der Waals surface area contributed by atoms with Crippen LogP contribution in [0, 0.1) is 0 Å². The second-order valence-electron chi connectivity index (χ2n) is 4.31. The van der Waals surface area contributed by atoms with Gasteiger partial charge in [0.25, 0.3) is 5.89 Å². The van der Waals surface area contributed by atoms with Crippen molar-refractivity contribution in [3.63, 3.8) is 0 Å². The molecule has 0 aliphatic rings. The zero-order chi connectivity index (χ0) is 13.2. The maximum absolute atomic E-state index is 5.61. The fourth-order valence-electron chi connectivity index (χ4n) is 1.57. The number of pyridine rings is 1. The normalized spacial score (nSPS) is 11.7. The maximum atomic E-state index is 5.61. The molecule has 96 valence electrons. The number of rotatable bonds is 4. The summed E-state index contributed by atoms with van der Waals surface area (Å²) in [6.07, 6.45) is 0. The number of nitrogens with zero attached hydrogens (tertiary/aromatic N) is 3. The summed E-state index contributed by atoms with van der Waals surface area (Å²) in [5.74, 6) is 1.24. The van der Waals surface area contributed by atoms with Gasteiger partial charge in [0.15, 0.2) is 0 Å². The zero-order valence-electron chi connectivity index (χ0n) is 10.7. The van der Waals surface area contributed by atoms with Gasteiger partial charge < -0.3 is 15.0 Å². The Kier molecular flexibility index (Phi) is 3.29. The van der Waals surface area contributed by atoms with Gasteiger partial charge in [0.1, 0.15) is 17.1 Å². The first-order valence-corrected chi connectivity index (χ1v) is 5.74. The molecule has 2 heterocycles. The van der Waals surface area contributed by atoms with Crippen molar-refractivity contribution in [2.75, 3.05) is 12.3 Å². The summed E-state index contributed by atoms with van der Waals surface area (Å²) in [5.41, 5.74) is 5.58. The summed E-state index contributed by atoms with van der Waals surface area (Å²) in [6, 6.07) is 5.25. The highest BCUT2D eigenvalue weighted by Gasteiger charge is 2.27. The molecule has 6 heteroatoms. The third-order valence-corrected chi connectivity index (χ3v) is 2.46. The molecular weight excluding hydrogens is 232 g/mol. The van der Waals surface area contributed by atoms with E-state index in [0.29, 0.717) is 29.8 Å². The number of aromatic nitrogens is 3. The van der Waals surface area contributed by atoms with E-state index in [1.54, 1.807) is 18.2 Å². The Morgan fingerprint density at radius 1 is 1.33 bits per heavy atom. The molecule has 0 unspecified atom stereocenters. The van der Waals surface area contributed by atoms with Crippen LogP contribution in [0.15, 0.2) is 22.7 Å². The highest BCUT2D eigenvalue weighted by molar-refractivity contribution is 5.50. The molecule has 0 aliphatic carbocycles. The van der Waals surface area contributed by atoms with Gasteiger partial charge in [-0.1, -0.05) is 11.2 Å². The molecule has 18 heavy (non-hydrogen) atoms. The number of nitrogens with two attached hydrogens (primary N) is 1. The predicted octanol–water partition coefficient (Wildman–Crippen LogP) is 1.99. The molecule has 0 amide bonds. The van der Waals surface area contributed by atoms with Crippen LogP contribution in [0.4, 0.5) is 5.82 Å². The molecule has 0 saturated heterocycles. The number of hydrogen-bond acceptors (Lipinski definition) is 6. The predicted molar refractivity (Wildman–Crippen MR) is 66.6 cm³/mol. The molecule has 0 fully saturated rings. The van der Waals surface area contributed by atoms with Gasteiger partial charge >= 0.3 is 0 Å². The van der Waals surface area contributed by atoms with Crippen molar-refractivity contribution in [1.82, 2.24) is 15.1 Å². The molecule has 0 aromatic carbocycles. The first-order chi connectivity index (χ1) is 8.53. The van der Waals surface area contributed by atoms with Crippen LogP contribution in [-0.2, 0) is 10.3 Å². The SMILES string of the molecule is CCOC(C)(C)c1noc(-c2cccc(N)n2)n1. The van der Waals surface area contributed by atoms with Crippen molar-refractivity contribution >= 4 is 5.82 Å². The van der Waals surface area contributed by atoms with Gasteiger partial charge in [0.2, 0.25) is 5.82 Å². The molecule has 0 radical (unpaired) electrons. The first-order valence-electron chi connectivity index (χ1n) is 5.74. The Balaban J connectivity index is 2.31. The van der Waals surface area contributed by atoms with Gasteiger partial charge in [-0.3, -0.25) is 0 Å². The topological polar surface area (TPSA) is 87.1 Å². The molecule has 0 spiro atoms. The van der Waals surface area contributed by atoms with Crippen molar-refractivity contribution in [3.05, 3.63) is 24.0 Å². The van der Waals surface area contributed by atoms with E-state index in [9.17, 15) is 0 Å². The van der Waals surface area contributed by atoms with E-state index < -0.39 is 5.60 Å². The lowest BCUT2D eigenvalue weighted by Gasteiger charge is -2.19. The van der Waals surface area contributed by atoms with Gasteiger partial charge in [-0.15, -0.1) is 0 Å². The lowest BCUT2D eigenvalue weighted by atomic mass is 10.1. The van der Waals surface area contributed by atoms with E-state index in [1.807, 2.05) is 20.8 Å². The van der Waals surface area contributed by atoms with Crippen molar-refractivity contribution in [2.45, 2.75) is 26.4 Å². The molecular formula is C12H16N4O2. The minimum Gasteiger partial charge on any atom is -0.384 e. The number of hydrogen-bond donors (Lipinski definition) is 1. The van der Waals surface area contributed by atoms with Crippen LogP contribution in [0.2, 0.25) is 0 Å². The van der Waals surface area contributed by atoms with Crippen LogP contribution in [0.1, 0.15) is 26.6 Å². The zero-order valence-corrected chi connectivity index (χ0v) is 10.7. The lowest BCUT2D eigenvalue weighted by Crippen LogP contribution is -2.23. The first kappa shape index (κ1) is 12.5. The Morgan fingerprint density at radius 3 is 2.78 bits per heavy atom. The fourth-order valence-corrected chi connectivity index (χ4v) is 1.57. The molecule has 2 N–H and O–H groups in total. The van der Waals surface area contributed by atoms with E-state index in [-0.39, 0.29) is 0 Å². The molecule has 2 aromatic rings. The van der Waals surface area contributed by atoms with Crippen LogP contribution in [0.25, 0.3) is 11.6 Å². The number of ether oxygens (including phenoxy) is 1. The molecule has 0 bridgehead atoms. The molecule has 2 rings (SSSR count). The monoisotopic (exact) mass is 248 g/mol. The molecule has 0 atom stereocenters. The van der Waals surface area contributed by atoms with Crippen molar-refractivity contribution in [2.24, 2.45) is 0 Å². The number of anilines is 1. The van der Waals surface area contributed by atoms with Crippen LogP contribution < -0.4 is 5.73 Å². The molecule has 2 aromatic heterocycles. The second kappa shape index (κ2) is 4.73. The highest BCUT2D eigenvalue weighted by Crippen LogP contribution is 2.24. The molecule has 0 saturated carbocycles. The number of nitrogen functional groups attached to an aromatic ring is 1. The maximum Gasteiger partial charge on any atom is 0.276 e. The van der Waals surface area contributed by atoms with Crippen molar-refractivity contribution in [1.29, 1.82) is 0 Å². The summed E-state index contributed by atoms with van der Waals surface area (Å²) in [4.78, 5) is 8.42. The summed E-state index contributed by atoms with van der Waals surface area (Å²) >= 11 is 0. The van der Waals surface area contributed by atoms with Crippen LogP contribution in [-0.4, -0.2) is 21.7 Å². The van der Waals surface area contributed by atoms with E-state index in [0.717, 1.165) is 0 Å². The summed E-state index contributed by atoms with van der Waals surface area (Å²) in [7, 11) is 0.